The third kappa shape index (κ3) is 5.71. The number of nitrogens with zero attached hydrogens (tertiary/aromatic N) is 1. The summed E-state index contributed by atoms with van der Waals surface area (Å²) in [5.74, 6) is 0.268. The van der Waals surface area contributed by atoms with Gasteiger partial charge in [0, 0.05) is 22.5 Å². The number of rotatable bonds is 8. The van der Waals surface area contributed by atoms with E-state index in [1.54, 1.807) is 61.4 Å². The molecule has 2 aromatic carbocycles. The van der Waals surface area contributed by atoms with E-state index >= 15 is 0 Å². The summed E-state index contributed by atoms with van der Waals surface area (Å²) in [5, 5.41) is 6.32. The van der Waals surface area contributed by atoms with Crippen molar-refractivity contribution < 1.29 is 14.3 Å². The Morgan fingerprint density at radius 3 is 2.57 bits per heavy atom. The SMILES string of the molecule is CCN(CC(=O)Nc1cccc(OC)c1)C(C)C(=O)Nc1cccc(Cl)c1C. The highest BCUT2D eigenvalue weighted by Crippen LogP contribution is 2.23. The number of halogens is 1. The third-order valence-corrected chi connectivity index (χ3v) is 4.97. The molecule has 28 heavy (non-hydrogen) atoms. The van der Waals surface area contributed by atoms with Gasteiger partial charge >= 0.3 is 0 Å². The lowest BCUT2D eigenvalue weighted by atomic mass is 10.2. The molecule has 0 fully saturated rings. The fourth-order valence-electron chi connectivity index (χ4n) is 2.75. The summed E-state index contributed by atoms with van der Waals surface area (Å²) in [4.78, 5) is 26.9. The van der Waals surface area contributed by atoms with Gasteiger partial charge in [0.2, 0.25) is 11.8 Å². The normalized spacial score (nSPS) is 11.8. The summed E-state index contributed by atoms with van der Waals surface area (Å²) in [7, 11) is 1.57. The van der Waals surface area contributed by atoms with Crippen molar-refractivity contribution in [3.63, 3.8) is 0 Å². The van der Waals surface area contributed by atoms with Crippen LogP contribution in [-0.4, -0.2) is 43.0 Å². The van der Waals surface area contributed by atoms with Crippen LogP contribution < -0.4 is 15.4 Å². The third-order valence-electron chi connectivity index (χ3n) is 4.56. The maximum absolute atomic E-state index is 12.7. The van der Waals surface area contributed by atoms with Gasteiger partial charge < -0.3 is 15.4 Å². The molecule has 2 amide bonds. The van der Waals surface area contributed by atoms with E-state index in [4.69, 9.17) is 16.3 Å². The first-order chi connectivity index (χ1) is 13.3. The van der Waals surface area contributed by atoms with Crippen molar-refractivity contribution in [2.45, 2.75) is 26.8 Å². The summed E-state index contributed by atoms with van der Waals surface area (Å²) in [5.41, 5.74) is 2.12. The average molecular weight is 404 g/mol. The van der Waals surface area contributed by atoms with Gasteiger partial charge in [-0.3, -0.25) is 14.5 Å². The molecule has 7 heteroatoms. The van der Waals surface area contributed by atoms with Crippen LogP contribution in [0, 0.1) is 6.92 Å². The lowest BCUT2D eigenvalue weighted by molar-refractivity contribution is -0.123. The van der Waals surface area contributed by atoms with Crippen LogP contribution in [0.1, 0.15) is 19.4 Å². The molecule has 1 unspecified atom stereocenters. The molecule has 6 nitrogen and oxygen atoms in total. The molecule has 150 valence electrons. The highest BCUT2D eigenvalue weighted by atomic mass is 35.5. The summed E-state index contributed by atoms with van der Waals surface area (Å²) in [6, 6.07) is 12.0. The first-order valence-electron chi connectivity index (χ1n) is 9.09. The smallest absolute Gasteiger partial charge is 0.241 e. The Bertz CT molecular complexity index is 841. The Labute approximate surface area is 170 Å². The van der Waals surface area contributed by atoms with Gasteiger partial charge in [0.05, 0.1) is 19.7 Å². The number of carbonyl (C=O) groups excluding carboxylic acids is 2. The first kappa shape index (κ1) is 21.7. The predicted molar refractivity (Wildman–Crippen MR) is 113 cm³/mol. The van der Waals surface area contributed by atoms with Gasteiger partial charge in [-0.1, -0.05) is 30.7 Å². The minimum Gasteiger partial charge on any atom is -0.497 e. The highest BCUT2D eigenvalue weighted by molar-refractivity contribution is 6.31. The summed E-state index contributed by atoms with van der Waals surface area (Å²) < 4.78 is 5.16. The van der Waals surface area contributed by atoms with Crippen molar-refractivity contribution in [1.29, 1.82) is 0 Å². The van der Waals surface area contributed by atoms with E-state index in [-0.39, 0.29) is 18.4 Å². The molecular weight excluding hydrogens is 378 g/mol. The van der Waals surface area contributed by atoms with Crippen molar-refractivity contribution >= 4 is 34.8 Å². The van der Waals surface area contributed by atoms with Crippen LogP contribution in [0.3, 0.4) is 0 Å². The molecule has 1 atom stereocenters. The van der Waals surface area contributed by atoms with Crippen LogP contribution in [0.4, 0.5) is 11.4 Å². The highest BCUT2D eigenvalue weighted by Gasteiger charge is 2.23. The first-order valence-corrected chi connectivity index (χ1v) is 9.47. The minimum absolute atomic E-state index is 0.0941. The van der Waals surface area contributed by atoms with E-state index in [0.29, 0.717) is 28.7 Å². The molecular formula is C21H26ClN3O3. The number of ether oxygens (including phenoxy) is 1. The molecule has 2 N–H and O–H groups in total. The standard InChI is InChI=1S/C21H26ClN3O3/c1-5-25(13-20(26)23-16-8-6-9-17(12-16)28-4)15(3)21(27)24-19-11-7-10-18(22)14(19)2/h6-12,15H,5,13H2,1-4H3,(H,23,26)(H,24,27). The van der Waals surface area contributed by atoms with Crippen molar-refractivity contribution in [1.82, 2.24) is 4.90 Å². The van der Waals surface area contributed by atoms with Gasteiger partial charge in [0.25, 0.3) is 0 Å². The molecule has 0 aliphatic heterocycles. The lowest BCUT2D eigenvalue weighted by Gasteiger charge is -2.26. The molecule has 0 radical (unpaired) electrons. The fourth-order valence-corrected chi connectivity index (χ4v) is 2.93. The van der Waals surface area contributed by atoms with Gasteiger partial charge in [0.1, 0.15) is 5.75 Å². The van der Waals surface area contributed by atoms with Crippen molar-refractivity contribution in [3.8, 4) is 5.75 Å². The predicted octanol–water partition coefficient (Wildman–Crippen LogP) is 3.94. The summed E-state index contributed by atoms with van der Waals surface area (Å²) in [6.45, 7) is 6.18. The van der Waals surface area contributed by atoms with Gasteiger partial charge in [-0.2, -0.15) is 0 Å². The van der Waals surface area contributed by atoms with E-state index in [1.165, 1.54) is 0 Å². The summed E-state index contributed by atoms with van der Waals surface area (Å²) >= 11 is 6.11. The topological polar surface area (TPSA) is 70.7 Å². The Morgan fingerprint density at radius 2 is 1.89 bits per heavy atom. The van der Waals surface area contributed by atoms with Crippen LogP contribution in [0.2, 0.25) is 5.02 Å². The van der Waals surface area contributed by atoms with Crippen molar-refractivity contribution in [2.75, 3.05) is 30.8 Å². The molecule has 0 saturated carbocycles. The zero-order chi connectivity index (χ0) is 20.7. The zero-order valence-corrected chi connectivity index (χ0v) is 17.3. The number of hydrogen-bond donors (Lipinski definition) is 2. The van der Waals surface area contributed by atoms with E-state index in [1.807, 2.05) is 13.8 Å². The summed E-state index contributed by atoms with van der Waals surface area (Å²) in [6.07, 6.45) is 0. The van der Waals surface area contributed by atoms with E-state index in [0.717, 1.165) is 5.56 Å². The molecule has 2 rings (SSSR count). The Balaban J connectivity index is 1.99. The van der Waals surface area contributed by atoms with E-state index in [2.05, 4.69) is 10.6 Å². The largest absolute Gasteiger partial charge is 0.497 e. The van der Waals surface area contributed by atoms with Crippen molar-refractivity contribution in [3.05, 3.63) is 53.1 Å². The van der Waals surface area contributed by atoms with Crippen LogP contribution in [0.15, 0.2) is 42.5 Å². The zero-order valence-electron chi connectivity index (χ0n) is 16.6. The number of methoxy groups -OCH3 is 1. The Kier molecular flexibility index (Phi) is 7.84. The van der Waals surface area contributed by atoms with E-state index in [9.17, 15) is 9.59 Å². The molecule has 0 aliphatic rings. The fraction of sp³-hybridized carbons (Fsp3) is 0.333. The van der Waals surface area contributed by atoms with Crippen LogP contribution in [0.25, 0.3) is 0 Å². The Morgan fingerprint density at radius 1 is 1.18 bits per heavy atom. The number of carbonyl (C=O) groups is 2. The number of nitrogens with one attached hydrogen (secondary N) is 2. The van der Waals surface area contributed by atoms with Crippen LogP contribution in [-0.2, 0) is 9.59 Å². The van der Waals surface area contributed by atoms with Gasteiger partial charge in [0.15, 0.2) is 0 Å². The van der Waals surface area contributed by atoms with Crippen LogP contribution >= 0.6 is 11.6 Å². The second-order valence-corrected chi connectivity index (χ2v) is 6.83. The van der Waals surface area contributed by atoms with Gasteiger partial charge in [-0.15, -0.1) is 0 Å². The maximum atomic E-state index is 12.7. The van der Waals surface area contributed by atoms with E-state index < -0.39 is 6.04 Å². The molecule has 0 spiro atoms. The van der Waals surface area contributed by atoms with Gasteiger partial charge in [-0.05, 0) is 50.2 Å². The molecule has 2 aromatic rings. The quantitative estimate of drug-likeness (QED) is 0.700. The molecule has 0 heterocycles. The van der Waals surface area contributed by atoms with Crippen LogP contribution in [0.5, 0.6) is 5.75 Å². The maximum Gasteiger partial charge on any atom is 0.241 e. The minimum atomic E-state index is -0.487. The number of hydrogen-bond acceptors (Lipinski definition) is 4. The number of benzene rings is 2. The number of likely N-dealkylation sites (N-methyl/N-ethyl adjacent to an activating group) is 1. The average Bonchev–Trinajstić information content (AvgIpc) is 2.69. The second kappa shape index (κ2) is 10.1. The monoisotopic (exact) mass is 403 g/mol. The van der Waals surface area contributed by atoms with Gasteiger partial charge in [-0.25, -0.2) is 0 Å². The molecule has 0 aromatic heterocycles. The number of anilines is 2. The molecule has 0 aliphatic carbocycles. The molecule has 0 bridgehead atoms. The lowest BCUT2D eigenvalue weighted by Crippen LogP contribution is -2.45. The molecule has 0 saturated heterocycles. The second-order valence-electron chi connectivity index (χ2n) is 6.42. The van der Waals surface area contributed by atoms with Crippen molar-refractivity contribution in [2.24, 2.45) is 0 Å². The number of amides is 2. The Hall–Kier alpha value is -2.57.